The van der Waals surface area contributed by atoms with E-state index in [1.54, 1.807) is 4.90 Å². The molecule has 0 spiro atoms. The zero-order chi connectivity index (χ0) is 17.9. The molecule has 1 aromatic heterocycles. The molecule has 0 bridgehead atoms. The number of likely N-dealkylation sites (tertiary alicyclic amines) is 2. The third-order valence-electron chi connectivity index (χ3n) is 5.04. The van der Waals surface area contributed by atoms with Crippen molar-refractivity contribution in [3.05, 3.63) is 18.0 Å². The summed E-state index contributed by atoms with van der Waals surface area (Å²) in [5.74, 6) is -0.119. The molecule has 2 aliphatic rings. The largest absolute Gasteiger partial charge is 0.356 e. The lowest BCUT2D eigenvalue weighted by molar-refractivity contribution is 0.0787. The number of carbonyl (C=O) groups excluding carboxylic acids is 1. The molecule has 0 aliphatic carbocycles. The molecule has 25 heavy (non-hydrogen) atoms. The highest BCUT2D eigenvalue weighted by molar-refractivity contribution is 7.89. The van der Waals surface area contributed by atoms with Gasteiger partial charge in [-0.05, 0) is 57.8 Å². The highest BCUT2D eigenvalue weighted by Crippen LogP contribution is 2.18. The second kappa shape index (κ2) is 7.88. The van der Waals surface area contributed by atoms with Gasteiger partial charge < -0.3 is 14.8 Å². The van der Waals surface area contributed by atoms with Gasteiger partial charge in [0.15, 0.2) is 0 Å². The number of hydrogen-bond acceptors (Lipinski definition) is 4. The van der Waals surface area contributed by atoms with Crippen LogP contribution in [0, 0.1) is 0 Å². The Morgan fingerprint density at radius 3 is 2.56 bits per heavy atom. The Hall–Kier alpha value is -1.38. The summed E-state index contributed by atoms with van der Waals surface area (Å²) in [7, 11) is -3.60. The summed E-state index contributed by atoms with van der Waals surface area (Å²) in [5.41, 5.74) is 0.347. The molecule has 0 radical (unpaired) electrons. The fourth-order valence-corrected chi connectivity index (χ4v) is 4.92. The second-order valence-corrected chi connectivity index (χ2v) is 8.70. The zero-order valence-electron chi connectivity index (χ0n) is 14.8. The summed E-state index contributed by atoms with van der Waals surface area (Å²) >= 11 is 0. The molecule has 0 saturated carbocycles. The van der Waals surface area contributed by atoms with Crippen LogP contribution in [-0.4, -0.2) is 67.9 Å². The van der Waals surface area contributed by atoms with E-state index in [4.69, 9.17) is 0 Å². The van der Waals surface area contributed by atoms with E-state index >= 15 is 0 Å². The number of rotatable bonds is 6. The first kappa shape index (κ1) is 18.4. The Labute approximate surface area is 149 Å². The van der Waals surface area contributed by atoms with E-state index in [1.807, 2.05) is 0 Å². The van der Waals surface area contributed by atoms with E-state index in [0.29, 0.717) is 5.69 Å². The molecule has 8 heteroatoms. The van der Waals surface area contributed by atoms with Crippen molar-refractivity contribution >= 4 is 15.9 Å². The van der Waals surface area contributed by atoms with Crippen LogP contribution in [0.2, 0.25) is 0 Å². The molecule has 3 heterocycles. The number of sulfonamides is 1. The van der Waals surface area contributed by atoms with Gasteiger partial charge >= 0.3 is 0 Å². The number of H-pyrrole nitrogens is 1. The molecule has 1 amide bonds. The fraction of sp³-hybridized carbons (Fsp3) is 0.706. The van der Waals surface area contributed by atoms with Crippen LogP contribution in [0.3, 0.4) is 0 Å². The first-order valence-corrected chi connectivity index (χ1v) is 10.7. The van der Waals surface area contributed by atoms with Gasteiger partial charge in [0.2, 0.25) is 10.0 Å². The maximum Gasteiger partial charge on any atom is 0.270 e. The van der Waals surface area contributed by atoms with Crippen molar-refractivity contribution in [3.63, 3.8) is 0 Å². The minimum Gasteiger partial charge on any atom is -0.356 e. The molecular formula is C17H28N4O3S. The summed E-state index contributed by atoms with van der Waals surface area (Å²) < 4.78 is 28.0. The summed E-state index contributed by atoms with van der Waals surface area (Å²) in [6.07, 6.45) is 6.20. The van der Waals surface area contributed by atoms with Crippen LogP contribution in [-0.2, 0) is 10.0 Å². The molecule has 3 rings (SSSR count). The van der Waals surface area contributed by atoms with Gasteiger partial charge in [-0.1, -0.05) is 6.92 Å². The lowest BCUT2D eigenvalue weighted by atomic mass is 10.1. The molecule has 2 fully saturated rings. The van der Waals surface area contributed by atoms with Gasteiger partial charge in [0.05, 0.1) is 0 Å². The summed E-state index contributed by atoms with van der Waals surface area (Å²) in [4.78, 5) is 19.5. The number of amides is 1. The average molecular weight is 369 g/mol. The van der Waals surface area contributed by atoms with Crippen LogP contribution >= 0.6 is 0 Å². The third-order valence-corrected chi connectivity index (χ3v) is 6.54. The molecule has 2 saturated heterocycles. The number of carbonyl (C=O) groups is 1. The van der Waals surface area contributed by atoms with Crippen LogP contribution in [0.25, 0.3) is 0 Å². The number of hydrogen-bond donors (Lipinski definition) is 2. The summed E-state index contributed by atoms with van der Waals surface area (Å²) in [5, 5.41) is 0. The first-order chi connectivity index (χ1) is 12.0. The summed E-state index contributed by atoms with van der Waals surface area (Å²) in [6, 6.07) is 1.42. The van der Waals surface area contributed by atoms with Crippen LogP contribution in [0.5, 0.6) is 0 Å². The average Bonchev–Trinajstić information content (AvgIpc) is 3.28. The van der Waals surface area contributed by atoms with Gasteiger partial charge in [-0.15, -0.1) is 0 Å². The van der Waals surface area contributed by atoms with Crippen molar-refractivity contribution in [2.75, 3.05) is 32.7 Å². The topological polar surface area (TPSA) is 85.5 Å². The van der Waals surface area contributed by atoms with Crippen molar-refractivity contribution < 1.29 is 13.2 Å². The maximum absolute atomic E-state index is 12.6. The smallest absolute Gasteiger partial charge is 0.270 e. The molecule has 0 aromatic carbocycles. The van der Waals surface area contributed by atoms with E-state index in [2.05, 4.69) is 21.5 Å². The van der Waals surface area contributed by atoms with E-state index in [0.717, 1.165) is 64.8 Å². The minimum absolute atomic E-state index is 0.0364. The Bertz CT molecular complexity index is 687. The van der Waals surface area contributed by atoms with E-state index in [-0.39, 0.29) is 16.8 Å². The summed E-state index contributed by atoms with van der Waals surface area (Å²) in [6.45, 7) is 6.56. The van der Waals surface area contributed by atoms with Gasteiger partial charge in [-0.2, -0.15) is 0 Å². The Morgan fingerprint density at radius 1 is 1.24 bits per heavy atom. The highest BCUT2D eigenvalue weighted by atomic mass is 32.2. The van der Waals surface area contributed by atoms with Crippen molar-refractivity contribution in [2.45, 2.75) is 50.0 Å². The Kier molecular flexibility index (Phi) is 5.81. The molecular weight excluding hydrogens is 340 g/mol. The van der Waals surface area contributed by atoms with Gasteiger partial charge in [-0.25, -0.2) is 13.1 Å². The van der Waals surface area contributed by atoms with Gasteiger partial charge in [0.1, 0.15) is 10.6 Å². The number of aromatic nitrogens is 1. The van der Waals surface area contributed by atoms with Gasteiger partial charge in [0.25, 0.3) is 5.91 Å². The number of nitrogens with one attached hydrogen (secondary N) is 2. The minimum atomic E-state index is -3.60. The predicted octanol–water partition coefficient (Wildman–Crippen LogP) is 1.40. The van der Waals surface area contributed by atoms with Gasteiger partial charge in [-0.3, -0.25) is 4.79 Å². The van der Waals surface area contributed by atoms with E-state index in [9.17, 15) is 13.2 Å². The maximum atomic E-state index is 12.6. The molecule has 2 aliphatic heterocycles. The van der Waals surface area contributed by atoms with Crippen LogP contribution in [0.4, 0.5) is 0 Å². The lowest BCUT2D eigenvalue weighted by Crippen LogP contribution is -2.44. The Balaban J connectivity index is 1.60. The van der Waals surface area contributed by atoms with Crippen molar-refractivity contribution in [2.24, 2.45) is 0 Å². The lowest BCUT2D eigenvalue weighted by Gasteiger charge is -2.31. The molecule has 0 atom stereocenters. The first-order valence-electron chi connectivity index (χ1n) is 9.22. The zero-order valence-corrected chi connectivity index (χ0v) is 15.6. The quantitative estimate of drug-likeness (QED) is 0.795. The highest BCUT2D eigenvalue weighted by Gasteiger charge is 2.27. The number of aromatic amines is 1. The monoisotopic (exact) mass is 368 g/mol. The fourth-order valence-electron chi connectivity index (χ4n) is 3.62. The molecule has 7 nitrogen and oxygen atoms in total. The molecule has 2 N–H and O–H groups in total. The Morgan fingerprint density at radius 2 is 1.92 bits per heavy atom. The number of nitrogens with zero attached hydrogens (tertiary/aromatic N) is 2. The van der Waals surface area contributed by atoms with E-state index in [1.165, 1.54) is 12.3 Å². The predicted molar refractivity (Wildman–Crippen MR) is 96.0 cm³/mol. The van der Waals surface area contributed by atoms with Crippen molar-refractivity contribution in [3.8, 4) is 0 Å². The molecule has 140 valence electrons. The SMILES string of the molecule is CCCN1CCC(NS(=O)(=O)c2c[nH]c(C(=O)N3CCCC3)c2)CC1. The van der Waals surface area contributed by atoms with Gasteiger partial charge in [0, 0.05) is 25.3 Å². The third kappa shape index (κ3) is 4.43. The standard InChI is InChI=1S/C17H28N4O3S/c1-2-7-20-10-5-14(6-11-20)19-25(23,24)15-12-16(18-13-15)17(22)21-8-3-4-9-21/h12-14,18-19H,2-11H2,1H3. The van der Waals surface area contributed by atoms with Crippen molar-refractivity contribution in [1.82, 2.24) is 19.5 Å². The molecule has 1 aromatic rings. The normalized spacial score (nSPS) is 20.3. The number of piperidine rings is 1. The van der Waals surface area contributed by atoms with Crippen LogP contribution in [0.15, 0.2) is 17.2 Å². The van der Waals surface area contributed by atoms with Crippen LogP contribution in [0.1, 0.15) is 49.5 Å². The van der Waals surface area contributed by atoms with E-state index < -0.39 is 10.0 Å². The van der Waals surface area contributed by atoms with Crippen LogP contribution < -0.4 is 4.72 Å². The van der Waals surface area contributed by atoms with Crippen molar-refractivity contribution in [1.29, 1.82) is 0 Å². The molecule has 0 unspecified atom stereocenters. The second-order valence-electron chi connectivity index (χ2n) is 6.99.